The molecular formula is C23H25N3O3. The van der Waals surface area contributed by atoms with Crippen LogP contribution in [-0.2, 0) is 11.2 Å². The number of ether oxygens (including phenoxy) is 1. The zero-order chi connectivity index (χ0) is 20.8. The number of carbonyl (C=O) groups is 1. The van der Waals surface area contributed by atoms with Gasteiger partial charge in [-0.05, 0) is 38.0 Å². The number of aryl methyl sites for hydroxylation is 1. The van der Waals surface area contributed by atoms with Gasteiger partial charge >= 0.3 is 0 Å². The molecule has 150 valence electrons. The highest BCUT2D eigenvalue weighted by Crippen LogP contribution is 2.18. The predicted octanol–water partition coefficient (Wildman–Crippen LogP) is 3.15. The quantitative estimate of drug-likeness (QED) is 0.672. The lowest BCUT2D eigenvalue weighted by molar-refractivity contribution is -0.124. The standard InChI is InChI=1S/C23H25N3O3/c1-16-8-10-18(11-9-16)20-12-13-22(27)26(25-20)17(2)23(28)24-15-14-19-6-4-5-7-21(19)29-3/h4-13,17H,14-15H2,1-3H3,(H,24,28). The Bertz CT molecular complexity index is 1040. The smallest absolute Gasteiger partial charge is 0.267 e. The van der Waals surface area contributed by atoms with Gasteiger partial charge in [-0.25, -0.2) is 4.68 Å². The van der Waals surface area contributed by atoms with Gasteiger partial charge in [0.1, 0.15) is 11.8 Å². The van der Waals surface area contributed by atoms with Crippen LogP contribution in [0.15, 0.2) is 65.5 Å². The fraction of sp³-hybridized carbons (Fsp3) is 0.261. The summed E-state index contributed by atoms with van der Waals surface area (Å²) in [5, 5.41) is 7.29. The lowest BCUT2D eigenvalue weighted by atomic mass is 10.1. The molecule has 3 aromatic rings. The zero-order valence-electron chi connectivity index (χ0n) is 16.9. The van der Waals surface area contributed by atoms with Crippen molar-refractivity contribution in [3.63, 3.8) is 0 Å². The highest BCUT2D eigenvalue weighted by atomic mass is 16.5. The summed E-state index contributed by atoms with van der Waals surface area (Å²) in [5.41, 5.74) is 3.39. The molecule has 29 heavy (non-hydrogen) atoms. The fourth-order valence-corrected chi connectivity index (χ4v) is 3.07. The van der Waals surface area contributed by atoms with E-state index in [4.69, 9.17) is 4.74 Å². The lowest BCUT2D eigenvalue weighted by Gasteiger charge is -2.15. The summed E-state index contributed by atoms with van der Waals surface area (Å²) >= 11 is 0. The minimum Gasteiger partial charge on any atom is -0.496 e. The van der Waals surface area contributed by atoms with Crippen LogP contribution in [0.3, 0.4) is 0 Å². The summed E-state index contributed by atoms with van der Waals surface area (Å²) < 4.78 is 6.56. The first-order valence-electron chi connectivity index (χ1n) is 9.56. The van der Waals surface area contributed by atoms with Crippen LogP contribution >= 0.6 is 0 Å². The normalized spacial score (nSPS) is 11.7. The summed E-state index contributed by atoms with van der Waals surface area (Å²) in [7, 11) is 1.62. The third kappa shape index (κ3) is 4.90. The van der Waals surface area contributed by atoms with E-state index in [0.29, 0.717) is 18.7 Å². The van der Waals surface area contributed by atoms with Crippen LogP contribution in [0.4, 0.5) is 0 Å². The van der Waals surface area contributed by atoms with Gasteiger partial charge in [-0.15, -0.1) is 0 Å². The van der Waals surface area contributed by atoms with Crippen molar-refractivity contribution in [1.29, 1.82) is 0 Å². The van der Waals surface area contributed by atoms with Gasteiger partial charge in [0.15, 0.2) is 0 Å². The first kappa shape index (κ1) is 20.3. The molecule has 1 heterocycles. The summed E-state index contributed by atoms with van der Waals surface area (Å²) in [5.74, 6) is 0.536. The zero-order valence-corrected chi connectivity index (χ0v) is 16.9. The maximum absolute atomic E-state index is 12.6. The lowest BCUT2D eigenvalue weighted by Crippen LogP contribution is -2.37. The maximum Gasteiger partial charge on any atom is 0.267 e. The molecule has 0 aliphatic rings. The molecule has 1 amide bonds. The Labute approximate surface area is 170 Å². The first-order valence-corrected chi connectivity index (χ1v) is 9.56. The summed E-state index contributed by atoms with van der Waals surface area (Å²) in [6.07, 6.45) is 0.633. The van der Waals surface area contributed by atoms with Gasteiger partial charge in [0.2, 0.25) is 5.91 Å². The monoisotopic (exact) mass is 391 g/mol. The van der Waals surface area contributed by atoms with Crippen LogP contribution < -0.4 is 15.6 Å². The average Bonchev–Trinajstić information content (AvgIpc) is 2.74. The van der Waals surface area contributed by atoms with Gasteiger partial charge in [0, 0.05) is 18.2 Å². The van der Waals surface area contributed by atoms with Crippen LogP contribution in [0.5, 0.6) is 5.75 Å². The van der Waals surface area contributed by atoms with Crippen molar-refractivity contribution in [2.24, 2.45) is 0 Å². The van der Waals surface area contributed by atoms with E-state index in [9.17, 15) is 9.59 Å². The number of amides is 1. The number of nitrogens with one attached hydrogen (secondary N) is 1. The van der Waals surface area contributed by atoms with Gasteiger partial charge < -0.3 is 10.1 Å². The second-order valence-electron chi connectivity index (χ2n) is 6.90. The van der Waals surface area contributed by atoms with E-state index in [1.807, 2.05) is 55.5 Å². The molecule has 3 rings (SSSR count). The van der Waals surface area contributed by atoms with Crippen molar-refractivity contribution in [1.82, 2.24) is 15.1 Å². The summed E-state index contributed by atoms with van der Waals surface area (Å²) in [6, 6.07) is 18.0. The van der Waals surface area contributed by atoms with Gasteiger partial charge in [0.05, 0.1) is 12.8 Å². The molecule has 0 aliphatic heterocycles. The first-order chi connectivity index (χ1) is 14.0. The van der Waals surface area contributed by atoms with E-state index in [2.05, 4.69) is 10.4 Å². The highest BCUT2D eigenvalue weighted by Gasteiger charge is 2.18. The van der Waals surface area contributed by atoms with Crippen LogP contribution in [0.2, 0.25) is 0 Å². The van der Waals surface area contributed by atoms with Crippen molar-refractivity contribution in [2.45, 2.75) is 26.3 Å². The number of hydrogen-bond donors (Lipinski definition) is 1. The molecule has 1 atom stereocenters. The SMILES string of the molecule is COc1ccccc1CCNC(=O)C(C)n1nc(-c2ccc(C)cc2)ccc1=O. The molecule has 1 unspecified atom stereocenters. The molecule has 6 nitrogen and oxygen atoms in total. The van der Waals surface area contributed by atoms with Gasteiger partial charge in [-0.1, -0.05) is 48.0 Å². The van der Waals surface area contributed by atoms with Crippen molar-refractivity contribution in [3.05, 3.63) is 82.1 Å². The number of aromatic nitrogens is 2. The number of carbonyl (C=O) groups excluding carboxylic acids is 1. The molecule has 0 aliphatic carbocycles. The largest absolute Gasteiger partial charge is 0.496 e. The van der Waals surface area contributed by atoms with Gasteiger partial charge in [0.25, 0.3) is 5.56 Å². The van der Waals surface area contributed by atoms with E-state index >= 15 is 0 Å². The number of hydrogen-bond acceptors (Lipinski definition) is 4. The van der Waals surface area contributed by atoms with Gasteiger partial charge in [-0.3, -0.25) is 9.59 Å². The second kappa shape index (κ2) is 9.19. The van der Waals surface area contributed by atoms with Crippen LogP contribution in [0.1, 0.15) is 24.1 Å². The Morgan fingerprint density at radius 3 is 2.55 bits per heavy atom. The summed E-state index contributed by atoms with van der Waals surface area (Å²) in [4.78, 5) is 24.9. The Morgan fingerprint density at radius 2 is 1.83 bits per heavy atom. The molecule has 0 saturated heterocycles. The maximum atomic E-state index is 12.6. The molecule has 0 fully saturated rings. The van der Waals surface area contributed by atoms with Crippen LogP contribution in [0, 0.1) is 6.92 Å². The molecule has 0 bridgehead atoms. The van der Waals surface area contributed by atoms with Crippen LogP contribution in [-0.4, -0.2) is 29.3 Å². The van der Waals surface area contributed by atoms with E-state index in [0.717, 1.165) is 22.4 Å². The van der Waals surface area contributed by atoms with Crippen molar-refractivity contribution >= 4 is 5.91 Å². The summed E-state index contributed by atoms with van der Waals surface area (Å²) in [6.45, 7) is 4.12. The van der Waals surface area contributed by atoms with Crippen molar-refractivity contribution in [2.75, 3.05) is 13.7 Å². The van der Waals surface area contributed by atoms with Crippen molar-refractivity contribution in [3.8, 4) is 17.0 Å². The molecule has 1 aromatic heterocycles. The Hall–Kier alpha value is -3.41. The predicted molar refractivity (Wildman–Crippen MR) is 113 cm³/mol. The minimum atomic E-state index is -0.717. The number of methoxy groups -OCH3 is 1. The molecule has 0 saturated carbocycles. The van der Waals surface area contributed by atoms with E-state index < -0.39 is 6.04 Å². The van der Waals surface area contributed by atoms with E-state index in [-0.39, 0.29) is 11.5 Å². The number of rotatable bonds is 7. The Balaban J connectivity index is 1.69. The average molecular weight is 391 g/mol. The van der Waals surface area contributed by atoms with E-state index in [1.165, 1.54) is 10.7 Å². The number of nitrogens with zero attached hydrogens (tertiary/aromatic N) is 2. The number of para-hydroxylation sites is 1. The highest BCUT2D eigenvalue weighted by molar-refractivity contribution is 5.79. The molecule has 0 spiro atoms. The molecule has 1 N–H and O–H groups in total. The molecular weight excluding hydrogens is 366 g/mol. The molecule has 6 heteroatoms. The fourth-order valence-electron chi connectivity index (χ4n) is 3.07. The van der Waals surface area contributed by atoms with Crippen molar-refractivity contribution < 1.29 is 9.53 Å². The topological polar surface area (TPSA) is 73.2 Å². The Morgan fingerprint density at radius 1 is 1.10 bits per heavy atom. The second-order valence-corrected chi connectivity index (χ2v) is 6.90. The molecule has 2 aromatic carbocycles. The third-order valence-electron chi connectivity index (χ3n) is 4.80. The number of benzene rings is 2. The van der Waals surface area contributed by atoms with Crippen LogP contribution in [0.25, 0.3) is 11.3 Å². The van der Waals surface area contributed by atoms with Gasteiger partial charge in [-0.2, -0.15) is 5.10 Å². The van der Waals surface area contributed by atoms with E-state index in [1.54, 1.807) is 20.1 Å². The molecule has 0 radical (unpaired) electrons. The third-order valence-corrected chi connectivity index (χ3v) is 4.80. The Kier molecular flexibility index (Phi) is 6.44. The minimum absolute atomic E-state index is 0.254.